The normalized spacial score (nSPS) is 12.8. The molecular weight excluding hydrogens is 500 g/mol. The van der Waals surface area contributed by atoms with Gasteiger partial charge in [0, 0.05) is 11.3 Å². The SMILES string of the molecule is Cc1ccc(C(=O)OC(c2ccc(NS(=O)(=O)c3ccccc3)cc2)(C(F)(F)F)C(F)(F)F)cc1. The fraction of sp³-hybridized carbons (Fsp3) is 0.174. The van der Waals surface area contributed by atoms with Crippen molar-refractivity contribution >= 4 is 21.7 Å². The molecule has 0 saturated heterocycles. The van der Waals surface area contributed by atoms with Crippen molar-refractivity contribution in [2.75, 3.05) is 4.72 Å². The Morgan fingerprint density at radius 3 is 1.77 bits per heavy atom. The third-order valence-electron chi connectivity index (χ3n) is 4.93. The molecule has 0 saturated carbocycles. The number of rotatable bonds is 6. The number of halogens is 6. The van der Waals surface area contributed by atoms with Crippen LogP contribution in [0.15, 0.2) is 83.8 Å². The van der Waals surface area contributed by atoms with Gasteiger partial charge in [0.15, 0.2) is 0 Å². The van der Waals surface area contributed by atoms with Crippen molar-refractivity contribution in [1.29, 1.82) is 0 Å². The van der Waals surface area contributed by atoms with E-state index in [2.05, 4.69) is 9.46 Å². The molecule has 0 fully saturated rings. The Labute approximate surface area is 196 Å². The largest absolute Gasteiger partial charge is 0.442 e. The predicted molar refractivity (Wildman–Crippen MR) is 114 cm³/mol. The summed E-state index contributed by atoms with van der Waals surface area (Å²) in [6.45, 7) is 1.61. The van der Waals surface area contributed by atoms with E-state index in [1.165, 1.54) is 36.4 Å². The van der Waals surface area contributed by atoms with Crippen LogP contribution >= 0.6 is 0 Å². The Morgan fingerprint density at radius 2 is 1.29 bits per heavy atom. The number of esters is 1. The van der Waals surface area contributed by atoms with Crippen LogP contribution in [0.4, 0.5) is 32.0 Å². The highest BCUT2D eigenvalue weighted by atomic mass is 32.2. The summed E-state index contributed by atoms with van der Waals surface area (Å²) in [4.78, 5) is 12.2. The molecule has 12 heteroatoms. The summed E-state index contributed by atoms with van der Waals surface area (Å²) < 4.78 is 115. The van der Waals surface area contributed by atoms with Crippen molar-refractivity contribution in [3.8, 4) is 0 Å². The number of ether oxygens (including phenoxy) is 1. The highest BCUT2D eigenvalue weighted by molar-refractivity contribution is 7.92. The second kappa shape index (κ2) is 9.25. The Kier molecular flexibility index (Phi) is 6.89. The van der Waals surface area contributed by atoms with E-state index in [0.29, 0.717) is 29.8 Å². The summed E-state index contributed by atoms with van der Waals surface area (Å²) in [6, 6.07) is 13.9. The molecule has 3 aromatic rings. The highest BCUT2D eigenvalue weighted by Crippen LogP contribution is 2.53. The third kappa shape index (κ3) is 5.26. The first-order valence-electron chi connectivity index (χ1n) is 9.79. The predicted octanol–water partition coefficient (Wildman–Crippen LogP) is 5.97. The van der Waals surface area contributed by atoms with Crippen molar-refractivity contribution in [3.63, 3.8) is 0 Å². The second-order valence-electron chi connectivity index (χ2n) is 7.43. The van der Waals surface area contributed by atoms with Gasteiger partial charge in [-0.25, -0.2) is 13.2 Å². The Hall–Kier alpha value is -3.54. The summed E-state index contributed by atoms with van der Waals surface area (Å²) in [7, 11) is -4.16. The Bertz CT molecular complexity index is 1270. The number of anilines is 1. The summed E-state index contributed by atoms with van der Waals surface area (Å²) in [5, 5.41) is 0. The van der Waals surface area contributed by atoms with Gasteiger partial charge in [-0.3, -0.25) is 4.72 Å². The molecule has 0 unspecified atom stereocenters. The lowest BCUT2D eigenvalue weighted by molar-refractivity contribution is -0.373. The van der Waals surface area contributed by atoms with Crippen LogP contribution in [0.3, 0.4) is 0 Å². The minimum atomic E-state index is -6.10. The maximum atomic E-state index is 14.0. The van der Waals surface area contributed by atoms with Gasteiger partial charge in [-0.05, 0) is 43.3 Å². The smallest absolute Gasteiger partial charge is 0.431 e. The van der Waals surface area contributed by atoms with Crippen LogP contribution in [0, 0.1) is 6.92 Å². The average molecular weight is 517 g/mol. The summed E-state index contributed by atoms with van der Waals surface area (Å²) in [5.41, 5.74) is -6.66. The maximum absolute atomic E-state index is 14.0. The van der Waals surface area contributed by atoms with E-state index in [1.54, 1.807) is 13.0 Å². The van der Waals surface area contributed by atoms with Gasteiger partial charge in [0.1, 0.15) is 0 Å². The van der Waals surface area contributed by atoms with Gasteiger partial charge < -0.3 is 4.74 Å². The average Bonchev–Trinajstić information content (AvgIpc) is 2.77. The van der Waals surface area contributed by atoms with Crippen molar-refractivity contribution in [2.24, 2.45) is 0 Å². The molecule has 3 rings (SSSR count). The molecule has 0 atom stereocenters. The quantitative estimate of drug-likeness (QED) is 0.323. The minimum Gasteiger partial charge on any atom is -0.431 e. The van der Waals surface area contributed by atoms with Gasteiger partial charge in [0.25, 0.3) is 10.0 Å². The number of benzene rings is 3. The van der Waals surface area contributed by atoms with E-state index in [4.69, 9.17) is 0 Å². The molecule has 0 spiro atoms. The monoisotopic (exact) mass is 517 g/mol. The van der Waals surface area contributed by atoms with E-state index >= 15 is 0 Å². The lowest BCUT2D eigenvalue weighted by atomic mass is 9.91. The van der Waals surface area contributed by atoms with Crippen molar-refractivity contribution in [1.82, 2.24) is 0 Å². The number of hydrogen-bond donors (Lipinski definition) is 1. The zero-order valence-corrected chi connectivity index (χ0v) is 18.6. The maximum Gasteiger partial charge on any atom is 0.442 e. The summed E-state index contributed by atoms with van der Waals surface area (Å²) in [6.07, 6.45) is -12.2. The van der Waals surface area contributed by atoms with Gasteiger partial charge in [-0.2, -0.15) is 26.3 Å². The van der Waals surface area contributed by atoms with Gasteiger partial charge in [0.05, 0.1) is 10.5 Å². The first kappa shape index (κ1) is 26.1. The number of carbonyl (C=O) groups is 1. The molecule has 35 heavy (non-hydrogen) atoms. The van der Waals surface area contributed by atoms with Gasteiger partial charge in [-0.1, -0.05) is 48.0 Å². The highest BCUT2D eigenvalue weighted by Gasteiger charge is 2.75. The van der Waals surface area contributed by atoms with Gasteiger partial charge >= 0.3 is 23.9 Å². The fourth-order valence-corrected chi connectivity index (χ4v) is 4.22. The molecule has 0 heterocycles. The van der Waals surface area contributed by atoms with Crippen LogP contribution < -0.4 is 4.72 Å². The number of sulfonamides is 1. The van der Waals surface area contributed by atoms with Crippen LogP contribution in [-0.4, -0.2) is 26.7 Å². The standard InChI is InChI=1S/C23H17F6NO4S/c1-15-7-9-16(10-8-15)20(31)34-21(22(24,25)26,23(27,28)29)17-11-13-18(14-12-17)30-35(32,33)19-5-3-2-4-6-19/h2-14,30H,1H3. The van der Waals surface area contributed by atoms with Crippen molar-refractivity contribution in [3.05, 3.63) is 95.6 Å². The first-order chi connectivity index (χ1) is 16.2. The van der Waals surface area contributed by atoms with Crippen LogP contribution in [0.1, 0.15) is 21.5 Å². The molecule has 1 N–H and O–H groups in total. The second-order valence-corrected chi connectivity index (χ2v) is 9.11. The number of hydrogen-bond acceptors (Lipinski definition) is 4. The zero-order valence-electron chi connectivity index (χ0n) is 17.8. The molecule has 0 aliphatic rings. The number of nitrogens with one attached hydrogen (secondary N) is 1. The first-order valence-corrected chi connectivity index (χ1v) is 11.3. The van der Waals surface area contributed by atoms with E-state index in [-0.39, 0.29) is 10.6 Å². The molecule has 0 radical (unpaired) electrons. The van der Waals surface area contributed by atoms with Crippen LogP contribution in [0.2, 0.25) is 0 Å². The van der Waals surface area contributed by atoms with Gasteiger partial charge in [-0.15, -0.1) is 0 Å². The topological polar surface area (TPSA) is 72.5 Å². The van der Waals surface area contributed by atoms with E-state index in [9.17, 15) is 39.6 Å². The number of aryl methyl sites for hydroxylation is 1. The molecule has 5 nitrogen and oxygen atoms in total. The third-order valence-corrected chi connectivity index (χ3v) is 6.33. The zero-order chi connectivity index (χ0) is 26.1. The summed E-state index contributed by atoms with van der Waals surface area (Å²) >= 11 is 0. The Morgan fingerprint density at radius 1 is 0.771 bits per heavy atom. The molecule has 186 valence electrons. The van der Waals surface area contributed by atoms with Crippen LogP contribution in [-0.2, 0) is 20.4 Å². The van der Waals surface area contributed by atoms with E-state index in [1.807, 2.05) is 0 Å². The lowest BCUT2D eigenvalue weighted by Gasteiger charge is -2.36. The van der Waals surface area contributed by atoms with Crippen molar-refractivity contribution < 1.29 is 44.3 Å². The van der Waals surface area contributed by atoms with Gasteiger partial charge in [0.2, 0.25) is 0 Å². The molecule has 0 aliphatic carbocycles. The molecule has 0 bridgehead atoms. The van der Waals surface area contributed by atoms with Crippen LogP contribution in [0.25, 0.3) is 0 Å². The lowest BCUT2D eigenvalue weighted by Crippen LogP contribution is -2.56. The summed E-state index contributed by atoms with van der Waals surface area (Å²) in [5.74, 6) is -1.84. The molecule has 0 aliphatic heterocycles. The van der Waals surface area contributed by atoms with E-state index in [0.717, 1.165) is 12.1 Å². The molecular formula is C23H17F6NO4S. The Balaban J connectivity index is 2.02. The molecule has 0 aromatic heterocycles. The molecule has 3 aromatic carbocycles. The minimum absolute atomic E-state index is 0.170. The number of carbonyl (C=O) groups excluding carboxylic acids is 1. The fourth-order valence-electron chi connectivity index (χ4n) is 3.14. The van der Waals surface area contributed by atoms with Crippen molar-refractivity contribution in [2.45, 2.75) is 29.8 Å². The van der Waals surface area contributed by atoms with E-state index < -0.39 is 45.1 Å². The number of alkyl halides is 6. The molecule has 0 amide bonds. The van der Waals surface area contributed by atoms with Crippen LogP contribution in [0.5, 0.6) is 0 Å².